The minimum atomic E-state index is -0.951. The Kier molecular flexibility index (Phi) is 18.6. The monoisotopic (exact) mass is 1030 g/mol. The second-order valence-corrected chi connectivity index (χ2v) is 20.9. The number of hydrogen-bond acceptors (Lipinski definition) is 14. The molecule has 3 amide bonds. The predicted molar refractivity (Wildman–Crippen MR) is 284 cm³/mol. The first-order chi connectivity index (χ1) is 35.3. The Balaban J connectivity index is 0.670. The van der Waals surface area contributed by atoms with Crippen molar-refractivity contribution in [2.75, 3.05) is 84.2 Å². The number of aromatic amines is 1. The van der Waals surface area contributed by atoms with E-state index in [-0.39, 0.29) is 45.2 Å². The molecule has 5 N–H and O–H groups in total. The highest BCUT2D eigenvalue weighted by Gasteiger charge is 2.44. The predicted octanol–water partition coefficient (Wildman–Crippen LogP) is 6.30. The van der Waals surface area contributed by atoms with Gasteiger partial charge in [0, 0.05) is 76.0 Å². The Hall–Kier alpha value is -5.83. The standard InChI is InChI=1S/C54H67ClN10O7S/c1-36-48(73-35-60-36)40-15-9-37(10-16-40)29-57-52(68)46-27-42(66)32-65(46)53(69)49(54(2,3)4)62-47(67)33-72-26-25-71-24-23-70-22-21-63-17-19-64(20-18-63)31-38-11-13-39(14-12-38)45-28-43-50(58-34-59-51(43)61-45)56-30-41-7-5-6-8-44(41)55/h5-16,28,34-35,42,46,49,66H,17-27,29-33H2,1-4H3,(H,57,68)(H,62,67)(H2,56,58,59,61)/t42-,46+,49?/m1/s1. The number of amides is 3. The van der Waals surface area contributed by atoms with Gasteiger partial charge < -0.3 is 45.2 Å². The number of β-amino-alcohol motifs (C(OH)–C–C–N with tert-alkyl or cyclic N) is 1. The number of nitrogens with zero attached hydrogens (tertiary/aromatic N) is 6. The Labute approximate surface area is 436 Å². The summed E-state index contributed by atoms with van der Waals surface area (Å²) in [6.45, 7) is 15.6. The van der Waals surface area contributed by atoms with E-state index in [1.807, 2.05) is 81.7 Å². The molecule has 0 spiro atoms. The van der Waals surface area contributed by atoms with Crippen LogP contribution < -0.4 is 16.0 Å². The lowest BCUT2D eigenvalue weighted by Crippen LogP contribution is -2.58. The number of ether oxygens (including phenoxy) is 3. The summed E-state index contributed by atoms with van der Waals surface area (Å²) in [4.78, 5) is 64.5. The lowest BCUT2D eigenvalue weighted by molar-refractivity contribution is -0.144. The van der Waals surface area contributed by atoms with Crippen molar-refractivity contribution >= 4 is 57.5 Å². The molecule has 73 heavy (non-hydrogen) atoms. The van der Waals surface area contributed by atoms with Gasteiger partial charge in [0.15, 0.2) is 0 Å². The van der Waals surface area contributed by atoms with E-state index in [1.165, 1.54) is 10.5 Å². The summed E-state index contributed by atoms with van der Waals surface area (Å²) in [6, 6.07) is 24.6. The zero-order valence-electron chi connectivity index (χ0n) is 42.1. The Morgan fingerprint density at radius 2 is 1.53 bits per heavy atom. The number of halogens is 1. The number of likely N-dealkylation sites (tertiary alicyclic amines) is 1. The number of carbonyl (C=O) groups excluding carboxylic acids is 3. The van der Waals surface area contributed by atoms with Gasteiger partial charge in [-0.3, -0.25) is 24.2 Å². The maximum absolute atomic E-state index is 14.0. The van der Waals surface area contributed by atoms with E-state index >= 15 is 0 Å². The largest absolute Gasteiger partial charge is 0.391 e. The third kappa shape index (κ3) is 14.7. The number of nitrogens with one attached hydrogen (secondary N) is 4. The van der Waals surface area contributed by atoms with E-state index in [1.54, 1.807) is 17.7 Å². The third-order valence-electron chi connectivity index (χ3n) is 13.2. The SMILES string of the molecule is Cc1ncsc1-c1ccc(CNC(=O)[C@@H]2C[C@@H](O)CN2C(=O)C(NC(=O)COCCOCCOCCN2CCN(Cc3ccc(-c4cc5c(NCc6ccccc6Cl)ncnc5[nH]4)cc3)CC2)C(C)(C)C)cc1. The first-order valence-corrected chi connectivity index (χ1v) is 26.2. The molecular weight excluding hydrogens is 968 g/mol. The topological polar surface area (TPSA) is 199 Å². The van der Waals surface area contributed by atoms with E-state index in [2.05, 4.69) is 76.0 Å². The van der Waals surface area contributed by atoms with Crippen LogP contribution in [0.2, 0.25) is 5.02 Å². The zero-order chi connectivity index (χ0) is 51.3. The van der Waals surface area contributed by atoms with Crippen molar-refractivity contribution in [1.29, 1.82) is 0 Å². The third-order valence-corrected chi connectivity index (χ3v) is 14.6. The Morgan fingerprint density at radius 3 is 2.25 bits per heavy atom. The molecule has 0 bridgehead atoms. The average molecular weight is 1040 g/mol. The molecule has 2 saturated heterocycles. The van der Waals surface area contributed by atoms with Crippen LogP contribution in [0, 0.1) is 12.3 Å². The van der Waals surface area contributed by atoms with E-state index in [0.29, 0.717) is 26.4 Å². The molecule has 0 radical (unpaired) electrons. The van der Waals surface area contributed by atoms with Gasteiger partial charge in [-0.25, -0.2) is 15.0 Å². The Morgan fingerprint density at radius 1 is 0.849 bits per heavy atom. The van der Waals surface area contributed by atoms with Gasteiger partial charge in [0.2, 0.25) is 17.7 Å². The molecule has 3 aromatic carbocycles. The maximum atomic E-state index is 14.0. The van der Waals surface area contributed by atoms with E-state index in [0.717, 1.165) is 99.7 Å². The van der Waals surface area contributed by atoms with Crippen molar-refractivity contribution in [3.05, 3.63) is 118 Å². The number of H-pyrrole nitrogens is 1. The van der Waals surface area contributed by atoms with Crippen LogP contribution in [0.5, 0.6) is 0 Å². The molecule has 0 saturated carbocycles. The molecule has 5 heterocycles. The molecule has 2 aliphatic rings. The number of rotatable bonds is 23. The van der Waals surface area contributed by atoms with Crippen LogP contribution in [-0.4, -0.2) is 155 Å². The van der Waals surface area contributed by atoms with E-state index < -0.39 is 35.4 Å². The van der Waals surface area contributed by atoms with Crippen LogP contribution in [0.25, 0.3) is 32.7 Å². The fraction of sp³-hybridized carbons (Fsp3) is 0.444. The average Bonchev–Trinajstić information content (AvgIpc) is 4.14. The summed E-state index contributed by atoms with van der Waals surface area (Å²) in [5, 5.41) is 21.4. The molecule has 17 nitrogen and oxygen atoms in total. The molecule has 3 aromatic heterocycles. The molecule has 19 heteroatoms. The number of piperazine rings is 1. The van der Waals surface area contributed by atoms with Crippen molar-refractivity contribution in [3.8, 4) is 21.7 Å². The van der Waals surface area contributed by atoms with Crippen molar-refractivity contribution in [2.45, 2.75) is 71.9 Å². The summed E-state index contributed by atoms with van der Waals surface area (Å²) in [5.74, 6) is -0.498. The van der Waals surface area contributed by atoms with Crippen LogP contribution in [0.4, 0.5) is 5.82 Å². The smallest absolute Gasteiger partial charge is 0.246 e. The molecule has 2 aliphatic heterocycles. The highest BCUT2D eigenvalue weighted by Crippen LogP contribution is 2.30. The number of fused-ring (bicyclic) bond motifs is 1. The minimum absolute atomic E-state index is 0.00586. The maximum Gasteiger partial charge on any atom is 0.246 e. The molecule has 388 valence electrons. The molecule has 6 aromatic rings. The lowest BCUT2D eigenvalue weighted by atomic mass is 9.85. The normalized spacial score (nSPS) is 17.0. The summed E-state index contributed by atoms with van der Waals surface area (Å²) in [7, 11) is 0. The van der Waals surface area contributed by atoms with Crippen molar-refractivity contribution in [1.82, 2.24) is 45.3 Å². The zero-order valence-corrected chi connectivity index (χ0v) is 43.6. The highest BCUT2D eigenvalue weighted by molar-refractivity contribution is 7.13. The van der Waals surface area contributed by atoms with Crippen LogP contribution in [0.3, 0.4) is 0 Å². The summed E-state index contributed by atoms with van der Waals surface area (Å²) >= 11 is 7.94. The van der Waals surface area contributed by atoms with Crippen LogP contribution >= 0.6 is 22.9 Å². The number of aliphatic hydroxyl groups excluding tert-OH is 1. The molecule has 8 rings (SSSR count). The first kappa shape index (κ1) is 53.5. The summed E-state index contributed by atoms with van der Waals surface area (Å²) < 4.78 is 17.1. The van der Waals surface area contributed by atoms with Gasteiger partial charge in [0.05, 0.1) is 60.6 Å². The molecule has 2 fully saturated rings. The number of benzene rings is 3. The van der Waals surface area contributed by atoms with Crippen molar-refractivity contribution in [2.24, 2.45) is 5.41 Å². The number of aromatic nitrogens is 4. The molecule has 3 atom stereocenters. The van der Waals surface area contributed by atoms with Gasteiger partial charge in [0.1, 0.15) is 36.5 Å². The molecule has 1 unspecified atom stereocenters. The fourth-order valence-electron chi connectivity index (χ4n) is 9.06. The van der Waals surface area contributed by atoms with Crippen molar-refractivity contribution in [3.63, 3.8) is 0 Å². The van der Waals surface area contributed by atoms with Gasteiger partial charge in [-0.2, -0.15) is 0 Å². The molecule has 0 aliphatic carbocycles. The number of carbonyl (C=O) groups is 3. The van der Waals surface area contributed by atoms with Crippen LogP contribution in [-0.2, 0) is 48.2 Å². The van der Waals surface area contributed by atoms with Gasteiger partial charge in [-0.15, -0.1) is 11.3 Å². The fourth-order valence-corrected chi connectivity index (χ4v) is 10.1. The van der Waals surface area contributed by atoms with Gasteiger partial charge in [-0.05, 0) is 52.3 Å². The minimum Gasteiger partial charge on any atom is -0.391 e. The summed E-state index contributed by atoms with van der Waals surface area (Å²) in [5.41, 5.74) is 9.17. The second-order valence-electron chi connectivity index (χ2n) is 19.6. The first-order valence-electron chi connectivity index (χ1n) is 24.9. The highest BCUT2D eigenvalue weighted by atomic mass is 35.5. The van der Waals surface area contributed by atoms with E-state index in [9.17, 15) is 19.5 Å². The quantitative estimate of drug-likeness (QED) is 0.0449. The van der Waals surface area contributed by atoms with Gasteiger partial charge in [0.25, 0.3) is 0 Å². The number of hydrogen-bond donors (Lipinski definition) is 5. The number of anilines is 1. The van der Waals surface area contributed by atoms with Gasteiger partial charge in [-0.1, -0.05) is 99.1 Å². The van der Waals surface area contributed by atoms with Crippen molar-refractivity contribution < 1.29 is 33.7 Å². The lowest BCUT2D eigenvalue weighted by Gasteiger charge is -2.35. The van der Waals surface area contributed by atoms with Crippen LogP contribution in [0.1, 0.15) is 49.6 Å². The number of aryl methyl sites for hydroxylation is 1. The molecular formula is C54H67ClN10O7S. The van der Waals surface area contributed by atoms with Crippen LogP contribution in [0.15, 0.2) is 90.7 Å². The van der Waals surface area contributed by atoms with Gasteiger partial charge >= 0.3 is 0 Å². The summed E-state index contributed by atoms with van der Waals surface area (Å²) in [6.07, 6.45) is 0.806. The van der Waals surface area contributed by atoms with E-state index in [4.69, 9.17) is 25.8 Å². The second kappa shape index (κ2) is 25.4. The number of thiazole rings is 1. The number of aliphatic hydroxyl groups is 1. The Bertz CT molecular complexity index is 2760.